The highest BCUT2D eigenvalue weighted by molar-refractivity contribution is 5.88. The van der Waals surface area contributed by atoms with Gasteiger partial charge >= 0.3 is 0 Å². The molecule has 1 heterocycles. The first-order valence-electron chi connectivity index (χ1n) is 7.17. The van der Waals surface area contributed by atoms with Crippen LogP contribution in [-0.4, -0.2) is 49.9 Å². The Hall–Kier alpha value is -1.10. The summed E-state index contributed by atoms with van der Waals surface area (Å²) >= 11 is 0. The van der Waals surface area contributed by atoms with Crippen molar-refractivity contribution in [3.63, 3.8) is 0 Å². The molecule has 5 heteroatoms. The minimum Gasteiger partial charge on any atom is -0.355 e. The van der Waals surface area contributed by atoms with Crippen LogP contribution in [0, 0.1) is 11.3 Å². The van der Waals surface area contributed by atoms with Gasteiger partial charge < -0.3 is 15.5 Å². The molecular formula is C14H27N3O2. The molecule has 1 fully saturated rings. The second-order valence-electron chi connectivity index (χ2n) is 5.75. The number of amides is 2. The first kappa shape index (κ1) is 16.0. The Bertz CT molecular complexity index is 323. The van der Waals surface area contributed by atoms with Crippen molar-refractivity contribution in [2.75, 3.05) is 33.2 Å². The Morgan fingerprint density at radius 2 is 2.11 bits per heavy atom. The SMILES string of the molecule is CCCNC(=O)CN(C)C(=O)C1(C(C)C)CCNC1. The summed E-state index contributed by atoms with van der Waals surface area (Å²) in [5.74, 6) is 0.276. The molecule has 0 aromatic carbocycles. The Morgan fingerprint density at radius 1 is 1.42 bits per heavy atom. The zero-order valence-corrected chi connectivity index (χ0v) is 12.6. The average molecular weight is 269 g/mol. The first-order valence-corrected chi connectivity index (χ1v) is 7.17. The molecule has 2 N–H and O–H groups in total. The molecule has 1 aliphatic heterocycles. The van der Waals surface area contributed by atoms with Crippen LogP contribution in [0.5, 0.6) is 0 Å². The lowest BCUT2D eigenvalue weighted by molar-refractivity contribution is -0.145. The van der Waals surface area contributed by atoms with Gasteiger partial charge in [0, 0.05) is 20.1 Å². The summed E-state index contributed by atoms with van der Waals surface area (Å²) in [5, 5.41) is 6.07. The second-order valence-corrected chi connectivity index (χ2v) is 5.75. The summed E-state index contributed by atoms with van der Waals surface area (Å²) in [6.45, 7) is 8.56. The number of carbonyl (C=O) groups excluding carboxylic acids is 2. The van der Waals surface area contributed by atoms with Crippen molar-refractivity contribution < 1.29 is 9.59 Å². The van der Waals surface area contributed by atoms with Crippen LogP contribution in [0.2, 0.25) is 0 Å². The Kier molecular flexibility index (Phi) is 5.79. The van der Waals surface area contributed by atoms with Crippen LogP contribution in [0.1, 0.15) is 33.6 Å². The highest BCUT2D eigenvalue weighted by Crippen LogP contribution is 2.35. The van der Waals surface area contributed by atoms with Crippen molar-refractivity contribution >= 4 is 11.8 Å². The number of rotatable bonds is 6. The standard InChI is InChI=1S/C14H27N3O2/c1-5-7-16-12(18)9-17(4)13(19)14(11(2)3)6-8-15-10-14/h11,15H,5-10H2,1-4H3,(H,16,18). The molecule has 0 saturated carbocycles. The van der Waals surface area contributed by atoms with Crippen molar-refractivity contribution in [2.24, 2.45) is 11.3 Å². The molecule has 0 spiro atoms. The van der Waals surface area contributed by atoms with Gasteiger partial charge in [-0.25, -0.2) is 0 Å². The van der Waals surface area contributed by atoms with Gasteiger partial charge in [-0.05, 0) is 25.3 Å². The van der Waals surface area contributed by atoms with E-state index < -0.39 is 0 Å². The molecule has 0 aromatic heterocycles. The summed E-state index contributed by atoms with van der Waals surface area (Å²) in [6, 6.07) is 0. The predicted octanol–water partition coefficient (Wildman–Crippen LogP) is 0.607. The lowest BCUT2D eigenvalue weighted by Crippen LogP contribution is -2.49. The number of hydrogen-bond donors (Lipinski definition) is 2. The molecule has 5 nitrogen and oxygen atoms in total. The van der Waals surface area contributed by atoms with E-state index in [-0.39, 0.29) is 29.7 Å². The molecule has 0 aliphatic carbocycles. The second kappa shape index (κ2) is 6.89. The molecule has 0 bridgehead atoms. The molecule has 1 saturated heterocycles. The van der Waals surface area contributed by atoms with E-state index in [9.17, 15) is 9.59 Å². The lowest BCUT2D eigenvalue weighted by atomic mass is 9.75. The van der Waals surface area contributed by atoms with Crippen molar-refractivity contribution in [3.05, 3.63) is 0 Å². The number of likely N-dealkylation sites (N-methyl/N-ethyl adjacent to an activating group) is 1. The number of carbonyl (C=O) groups is 2. The summed E-state index contributed by atoms with van der Waals surface area (Å²) in [5.41, 5.74) is -0.347. The van der Waals surface area contributed by atoms with E-state index in [1.54, 1.807) is 11.9 Å². The van der Waals surface area contributed by atoms with Crippen LogP contribution in [0.15, 0.2) is 0 Å². The molecule has 0 aromatic rings. The summed E-state index contributed by atoms with van der Waals surface area (Å²) < 4.78 is 0. The number of nitrogens with zero attached hydrogens (tertiary/aromatic N) is 1. The predicted molar refractivity (Wildman–Crippen MR) is 75.7 cm³/mol. The van der Waals surface area contributed by atoms with Gasteiger partial charge in [0.1, 0.15) is 0 Å². The van der Waals surface area contributed by atoms with Crippen LogP contribution in [0.4, 0.5) is 0 Å². The van der Waals surface area contributed by atoms with Crippen LogP contribution >= 0.6 is 0 Å². The Balaban J connectivity index is 2.62. The van der Waals surface area contributed by atoms with Gasteiger partial charge in [-0.3, -0.25) is 9.59 Å². The molecule has 2 amide bonds. The van der Waals surface area contributed by atoms with E-state index >= 15 is 0 Å². The summed E-state index contributed by atoms with van der Waals surface area (Å²) in [4.78, 5) is 25.9. The van der Waals surface area contributed by atoms with Crippen molar-refractivity contribution in [2.45, 2.75) is 33.6 Å². The summed E-state index contributed by atoms with van der Waals surface area (Å²) in [7, 11) is 1.72. The van der Waals surface area contributed by atoms with E-state index in [4.69, 9.17) is 0 Å². The quantitative estimate of drug-likeness (QED) is 0.742. The molecule has 110 valence electrons. The highest BCUT2D eigenvalue weighted by atomic mass is 16.2. The zero-order chi connectivity index (χ0) is 14.5. The van der Waals surface area contributed by atoms with Gasteiger partial charge in [-0.2, -0.15) is 0 Å². The van der Waals surface area contributed by atoms with Gasteiger partial charge in [0.05, 0.1) is 12.0 Å². The van der Waals surface area contributed by atoms with Crippen LogP contribution in [0.3, 0.4) is 0 Å². The maximum Gasteiger partial charge on any atom is 0.239 e. The van der Waals surface area contributed by atoms with E-state index in [0.29, 0.717) is 13.1 Å². The first-order chi connectivity index (χ1) is 8.94. The monoisotopic (exact) mass is 269 g/mol. The normalized spacial score (nSPS) is 22.6. The van der Waals surface area contributed by atoms with Gasteiger partial charge in [-0.1, -0.05) is 20.8 Å². The van der Waals surface area contributed by atoms with E-state index in [0.717, 1.165) is 19.4 Å². The van der Waals surface area contributed by atoms with Crippen molar-refractivity contribution in [1.82, 2.24) is 15.5 Å². The topological polar surface area (TPSA) is 61.4 Å². The minimum absolute atomic E-state index is 0.0810. The van der Waals surface area contributed by atoms with E-state index in [1.807, 2.05) is 6.92 Å². The van der Waals surface area contributed by atoms with Crippen LogP contribution < -0.4 is 10.6 Å². The zero-order valence-electron chi connectivity index (χ0n) is 12.6. The molecule has 1 unspecified atom stereocenters. The minimum atomic E-state index is -0.347. The molecule has 1 rings (SSSR count). The maximum absolute atomic E-state index is 12.6. The fourth-order valence-corrected chi connectivity index (χ4v) is 2.62. The van der Waals surface area contributed by atoms with Crippen LogP contribution in [0.25, 0.3) is 0 Å². The molecule has 1 aliphatic rings. The largest absolute Gasteiger partial charge is 0.355 e. The Labute approximate surface area is 116 Å². The fourth-order valence-electron chi connectivity index (χ4n) is 2.62. The van der Waals surface area contributed by atoms with Gasteiger partial charge in [0.2, 0.25) is 11.8 Å². The van der Waals surface area contributed by atoms with Gasteiger partial charge in [0.15, 0.2) is 0 Å². The molecular weight excluding hydrogens is 242 g/mol. The fraction of sp³-hybridized carbons (Fsp3) is 0.857. The van der Waals surface area contributed by atoms with Gasteiger partial charge in [-0.15, -0.1) is 0 Å². The number of hydrogen-bond acceptors (Lipinski definition) is 3. The van der Waals surface area contributed by atoms with Gasteiger partial charge in [0.25, 0.3) is 0 Å². The Morgan fingerprint density at radius 3 is 2.58 bits per heavy atom. The maximum atomic E-state index is 12.6. The third-order valence-corrected chi connectivity index (χ3v) is 4.02. The average Bonchev–Trinajstić information content (AvgIpc) is 2.85. The smallest absolute Gasteiger partial charge is 0.239 e. The van der Waals surface area contributed by atoms with Crippen molar-refractivity contribution in [1.29, 1.82) is 0 Å². The van der Waals surface area contributed by atoms with E-state index in [1.165, 1.54) is 0 Å². The highest BCUT2D eigenvalue weighted by Gasteiger charge is 2.45. The third kappa shape index (κ3) is 3.69. The molecule has 0 radical (unpaired) electrons. The summed E-state index contributed by atoms with van der Waals surface area (Å²) in [6.07, 6.45) is 1.76. The van der Waals surface area contributed by atoms with E-state index in [2.05, 4.69) is 24.5 Å². The van der Waals surface area contributed by atoms with Crippen LogP contribution in [-0.2, 0) is 9.59 Å². The third-order valence-electron chi connectivity index (χ3n) is 4.02. The lowest BCUT2D eigenvalue weighted by Gasteiger charge is -2.34. The molecule has 1 atom stereocenters. The van der Waals surface area contributed by atoms with Crippen molar-refractivity contribution in [3.8, 4) is 0 Å². The molecule has 19 heavy (non-hydrogen) atoms. The number of nitrogens with one attached hydrogen (secondary N) is 2.